The molecule has 0 saturated heterocycles. The van der Waals surface area contributed by atoms with E-state index in [1.165, 1.54) is 29.5 Å². The largest absolute Gasteiger partial charge is 0.467 e. The molecule has 4 rings (SSSR count). The number of aryl methyl sites for hydroxylation is 1. The van der Waals surface area contributed by atoms with Crippen molar-refractivity contribution in [3.63, 3.8) is 0 Å². The first-order valence-corrected chi connectivity index (χ1v) is 9.44. The standard InChI is InChI=1S/C23H19FN2O4/c1-15-7-9-16(10-8-15)19-13-20(21-6-3-11-29-21)26(25-19)22(27)14-30-23(28)17-4-2-5-18(24)12-17/h2-12,20H,13-14H2,1H3/t20-/m1/s1. The molecular formula is C23H19FN2O4. The van der Waals surface area contributed by atoms with Crippen LogP contribution >= 0.6 is 0 Å². The van der Waals surface area contributed by atoms with Gasteiger partial charge in [0.1, 0.15) is 17.6 Å². The molecule has 0 spiro atoms. The van der Waals surface area contributed by atoms with Crippen molar-refractivity contribution < 1.29 is 23.1 Å². The molecule has 1 aromatic heterocycles. The average molecular weight is 406 g/mol. The van der Waals surface area contributed by atoms with E-state index in [4.69, 9.17) is 9.15 Å². The van der Waals surface area contributed by atoms with Gasteiger partial charge in [0, 0.05) is 6.42 Å². The van der Waals surface area contributed by atoms with Crippen molar-refractivity contribution in [3.05, 3.63) is 95.2 Å². The summed E-state index contributed by atoms with van der Waals surface area (Å²) in [7, 11) is 0. The number of ether oxygens (including phenoxy) is 1. The van der Waals surface area contributed by atoms with Gasteiger partial charge in [0.05, 0.1) is 17.5 Å². The fraction of sp³-hybridized carbons (Fsp3) is 0.174. The molecule has 0 N–H and O–H groups in total. The van der Waals surface area contributed by atoms with Crippen molar-refractivity contribution in [2.24, 2.45) is 5.10 Å². The van der Waals surface area contributed by atoms with Crippen LogP contribution in [0.1, 0.15) is 39.7 Å². The summed E-state index contributed by atoms with van der Waals surface area (Å²) in [5.41, 5.74) is 2.80. The molecular weight excluding hydrogens is 387 g/mol. The number of carbonyl (C=O) groups is 2. The van der Waals surface area contributed by atoms with Crippen molar-refractivity contribution in [2.75, 3.05) is 6.61 Å². The summed E-state index contributed by atoms with van der Waals surface area (Å²) in [5, 5.41) is 5.76. The number of hydrogen-bond acceptors (Lipinski definition) is 5. The Morgan fingerprint density at radius 2 is 1.97 bits per heavy atom. The highest BCUT2D eigenvalue weighted by molar-refractivity contribution is 6.03. The Bertz CT molecular complexity index is 1090. The lowest BCUT2D eigenvalue weighted by Crippen LogP contribution is -2.31. The Labute approximate surface area is 172 Å². The zero-order valence-electron chi connectivity index (χ0n) is 16.2. The van der Waals surface area contributed by atoms with Crippen LogP contribution in [0.3, 0.4) is 0 Å². The number of hydrogen-bond donors (Lipinski definition) is 0. The lowest BCUT2D eigenvalue weighted by atomic mass is 10.0. The van der Waals surface area contributed by atoms with E-state index in [2.05, 4.69) is 5.10 Å². The molecule has 0 fully saturated rings. The number of carbonyl (C=O) groups excluding carboxylic acids is 2. The SMILES string of the molecule is Cc1ccc(C2=NN(C(=O)COC(=O)c3cccc(F)c3)[C@@H](c3ccco3)C2)cc1. The predicted octanol–water partition coefficient (Wildman–Crippen LogP) is 4.26. The van der Waals surface area contributed by atoms with Crippen LogP contribution in [0.5, 0.6) is 0 Å². The van der Waals surface area contributed by atoms with Gasteiger partial charge in [0.2, 0.25) is 0 Å². The molecule has 3 aromatic rings. The molecule has 0 saturated carbocycles. The molecule has 7 heteroatoms. The summed E-state index contributed by atoms with van der Waals surface area (Å²) < 4.78 is 23.9. The van der Waals surface area contributed by atoms with Crippen LogP contribution in [0.2, 0.25) is 0 Å². The minimum Gasteiger partial charge on any atom is -0.467 e. The zero-order valence-corrected chi connectivity index (χ0v) is 16.2. The van der Waals surface area contributed by atoms with Crippen LogP contribution in [0.15, 0.2) is 76.4 Å². The van der Waals surface area contributed by atoms with Gasteiger partial charge in [-0.3, -0.25) is 4.79 Å². The van der Waals surface area contributed by atoms with Crippen molar-refractivity contribution in [1.29, 1.82) is 0 Å². The normalized spacial score (nSPS) is 15.7. The summed E-state index contributed by atoms with van der Waals surface area (Å²) in [6, 6.07) is 16.0. The van der Waals surface area contributed by atoms with Crippen molar-refractivity contribution in [3.8, 4) is 0 Å². The first kappa shape index (κ1) is 19.6. The molecule has 30 heavy (non-hydrogen) atoms. The molecule has 1 aliphatic rings. The topological polar surface area (TPSA) is 72.1 Å². The van der Waals surface area contributed by atoms with E-state index in [9.17, 15) is 14.0 Å². The van der Waals surface area contributed by atoms with Gasteiger partial charge in [-0.05, 0) is 42.8 Å². The van der Waals surface area contributed by atoms with Gasteiger partial charge in [0.15, 0.2) is 6.61 Å². The fourth-order valence-electron chi connectivity index (χ4n) is 3.26. The maximum absolute atomic E-state index is 13.3. The molecule has 1 aliphatic heterocycles. The summed E-state index contributed by atoms with van der Waals surface area (Å²) in [4.78, 5) is 24.9. The first-order valence-electron chi connectivity index (χ1n) is 9.44. The van der Waals surface area contributed by atoms with E-state index in [0.29, 0.717) is 12.2 Å². The molecule has 1 atom stereocenters. The molecule has 2 aromatic carbocycles. The number of rotatable bonds is 5. The number of esters is 1. The van der Waals surface area contributed by atoms with Crippen molar-refractivity contribution in [2.45, 2.75) is 19.4 Å². The zero-order chi connectivity index (χ0) is 21.1. The van der Waals surface area contributed by atoms with Gasteiger partial charge in [-0.1, -0.05) is 35.9 Å². The van der Waals surface area contributed by atoms with Crippen molar-refractivity contribution in [1.82, 2.24) is 5.01 Å². The lowest BCUT2D eigenvalue weighted by molar-refractivity contribution is -0.136. The van der Waals surface area contributed by atoms with Crippen LogP contribution in [0.25, 0.3) is 0 Å². The van der Waals surface area contributed by atoms with E-state index < -0.39 is 30.3 Å². The second-order valence-corrected chi connectivity index (χ2v) is 6.97. The monoisotopic (exact) mass is 406 g/mol. The summed E-state index contributed by atoms with van der Waals surface area (Å²) in [6.45, 7) is 1.48. The molecule has 0 radical (unpaired) electrons. The third-order valence-corrected chi connectivity index (χ3v) is 4.81. The highest BCUT2D eigenvalue weighted by Gasteiger charge is 2.35. The van der Waals surface area contributed by atoms with Crippen LogP contribution in [0.4, 0.5) is 4.39 Å². The van der Waals surface area contributed by atoms with Crippen LogP contribution in [-0.4, -0.2) is 29.2 Å². The van der Waals surface area contributed by atoms with E-state index in [1.807, 2.05) is 31.2 Å². The molecule has 1 amide bonds. The molecule has 0 unspecified atom stereocenters. The maximum Gasteiger partial charge on any atom is 0.338 e. The summed E-state index contributed by atoms with van der Waals surface area (Å²) >= 11 is 0. The third-order valence-electron chi connectivity index (χ3n) is 4.81. The Morgan fingerprint density at radius 1 is 1.17 bits per heavy atom. The van der Waals surface area contributed by atoms with E-state index >= 15 is 0 Å². The number of hydrazone groups is 1. The third kappa shape index (κ3) is 4.15. The second-order valence-electron chi connectivity index (χ2n) is 6.97. The number of benzene rings is 2. The van der Waals surface area contributed by atoms with Crippen molar-refractivity contribution >= 4 is 17.6 Å². The smallest absolute Gasteiger partial charge is 0.338 e. The average Bonchev–Trinajstić information content (AvgIpc) is 3.42. The van der Waals surface area contributed by atoms with Gasteiger partial charge in [-0.25, -0.2) is 14.2 Å². The predicted molar refractivity (Wildman–Crippen MR) is 107 cm³/mol. The summed E-state index contributed by atoms with van der Waals surface area (Å²) in [6.07, 6.45) is 2.01. The number of halogens is 1. The maximum atomic E-state index is 13.3. The van der Waals surface area contributed by atoms with Gasteiger partial charge < -0.3 is 9.15 Å². The fourth-order valence-corrected chi connectivity index (χ4v) is 3.26. The molecule has 2 heterocycles. The first-order chi connectivity index (χ1) is 14.5. The highest BCUT2D eigenvalue weighted by Crippen LogP contribution is 2.33. The Hall–Kier alpha value is -3.74. The minimum atomic E-state index is -0.778. The van der Waals surface area contributed by atoms with Gasteiger partial charge in [0.25, 0.3) is 5.91 Å². The second kappa shape index (κ2) is 8.32. The molecule has 152 valence electrons. The number of furan rings is 1. The summed E-state index contributed by atoms with van der Waals surface area (Å²) in [5.74, 6) is -1.24. The van der Waals surface area contributed by atoms with Crippen LogP contribution < -0.4 is 0 Å². The molecule has 0 aliphatic carbocycles. The van der Waals surface area contributed by atoms with Gasteiger partial charge in [-0.15, -0.1) is 0 Å². The highest BCUT2D eigenvalue weighted by atomic mass is 19.1. The molecule has 6 nitrogen and oxygen atoms in total. The lowest BCUT2D eigenvalue weighted by Gasteiger charge is -2.19. The number of nitrogens with zero attached hydrogens (tertiary/aromatic N) is 2. The minimum absolute atomic E-state index is 0.0376. The number of amides is 1. The Morgan fingerprint density at radius 3 is 2.67 bits per heavy atom. The molecule has 0 bridgehead atoms. The van der Waals surface area contributed by atoms with E-state index in [-0.39, 0.29) is 5.56 Å². The van der Waals surface area contributed by atoms with Crippen LogP contribution in [0, 0.1) is 12.7 Å². The Kier molecular flexibility index (Phi) is 5.43. The van der Waals surface area contributed by atoms with E-state index in [0.717, 1.165) is 22.9 Å². The quantitative estimate of drug-likeness (QED) is 0.594. The van der Waals surface area contributed by atoms with Gasteiger partial charge in [-0.2, -0.15) is 5.10 Å². The van der Waals surface area contributed by atoms with Crippen LogP contribution in [-0.2, 0) is 9.53 Å². The van der Waals surface area contributed by atoms with E-state index in [1.54, 1.807) is 12.1 Å². The van der Waals surface area contributed by atoms with Gasteiger partial charge >= 0.3 is 5.97 Å². The Balaban J connectivity index is 1.51.